The number of hydrogen-bond donors (Lipinski definition) is 2. The Hall–Kier alpha value is -1.86. The van der Waals surface area contributed by atoms with E-state index >= 15 is 0 Å². The lowest BCUT2D eigenvalue weighted by Crippen LogP contribution is -2.26. The average molecular weight is 306 g/mol. The summed E-state index contributed by atoms with van der Waals surface area (Å²) in [5.41, 5.74) is 2.96. The van der Waals surface area contributed by atoms with Crippen molar-refractivity contribution in [3.05, 3.63) is 41.1 Å². The van der Waals surface area contributed by atoms with Crippen molar-refractivity contribution in [3.63, 3.8) is 0 Å². The third-order valence-corrected chi connectivity index (χ3v) is 5.04. The molecule has 0 aliphatic carbocycles. The number of hydrogen-bond acceptors (Lipinski definition) is 4. The number of aromatic amines is 1. The van der Waals surface area contributed by atoms with Crippen LogP contribution >= 0.6 is 0 Å². The summed E-state index contributed by atoms with van der Waals surface area (Å²) in [6.07, 6.45) is 0.786. The quantitative estimate of drug-likeness (QED) is 0.901. The zero-order valence-corrected chi connectivity index (χ0v) is 12.9. The highest BCUT2D eigenvalue weighted by Crippen LogP contribution is 2.25. The number of nitrogens with zero attached hydrogens (tertiary/aromatic N) is 2. The van der Waals surface area contributed by atoms with Gasteiger partial charge in [-0.3, -0.25) is 9.82 Å². The second-order valence-electron chi connectivity index (χ2n) is 5.44. The van der Waals surface area contributed by atoms with Crippen LogP contribution in [0.3, 0.4) is 0 Å². The minimum Gasteiger partial charge on any atom is -0.300 e. The van der Waals surface area contributed by atoms with E-state index in [0.29, 0.717) is 5.82 Å². The largest absolute Gasteiger partial charge is 0.300 e. The molecule has 0 fully saturated rings. The van der Waals surface area contributed by atoms with Crippen LogP contribution in [-0.2, 0) is 23.0 Å². The van der Waals surface area contributed by atoms with Crippen molar-refractivity contribution in [2.45, 2.75) is 24.8 Å². The highest BCUT2D eigenvalue weighted by molar-refractivity contribution is 7.92. The molecule has 2 N–H and O–H groups in total. The van der Waals surface area contributed by atoms with Crippen LogP contribution in [0.15, 0.2) is 29.2 Å². The molecule has 112 valence electrons. The second kappa shape index (κ2) is 5.16. The maximum atomic E-state index is 12.4. The Balaban J connectivity index is 1.88. The van der Waals surface area contributed by atoms with Gasteiger partial charge in [0.2, 0.25) is 0 Å². The summed E-state index contributed by atoms with van der Waals surface area (Å²) in [6, 6.07) is 6.77. The molecular formula is C14H18N4O2S. The van der Waals surface area contributed by atoms with Crippen LogP contribution in [0.1, 0.15) is 16.8 Å². The molecule has 0 bridgehead atoms. The van der Waals surface area contributed by atoms with Crippen molar-refractivity contribution in [3.8, 4) is 0 Å². The molecule has 2 aromatic rings. The lowest BCUT2D eigenvalue weighted by atomic mass is 10.1. The van der Waals surface area contributed by atoms with Crippen molar-refractivity contribution in [1.82, 2.24) is 15.1 Å². The SMILES string of the molecule is Cc1ccc(S(=O)(=O)Nc2n[nH]c3c2CCN(C)C3)cc1. The smallest absolute Gasteiger partial charge is 0.263 e. The summed E-state index contributed by atoms with van der Waals surface area (Å²) in [6.45, 7) is 3.57. The molecule has 0 saturated carbocycles. The predicted octanol–water partition coefficient (Wildman–Crippen LogP) is 1.51. The molecule has 0 saturated heterocycles. The number of aryl methyl sites for hydroxylation is 1. The van der Waals surface area contributed by atoms with Gasteiger partial charge in [-0.2, -0.15) is 5.10 Å². The Morgan fingerprint density at radius 2 is 2.00 bits per heavy atom. The first-order valence-corrected chi connectivity index (χ1v) is 8.28. The van der Waals surface area contributed by atoms with E-state index in [1.54, 1.807) is 24.3 Å². The summed E-state index contributed by atoms with van der Waals surface area (Å²) < 4.78 is 27.4. The molecule has 1 aromatic carbocycles. The molecule has 7 heteroatoms. The Morgan fingerprint density at radius 1 is 1.29 bits per heavy atom. The highest BCUT2D eigenvalue weighted by atomic mass is 32.2. The molecule has 21 heavy (non-hydrogen) atoms. The maximum Gasteiger partial charge on any atom is 0.263 e. The number of likely N-dealkylation sites (N-methyl/N-ethyl adjacent to an activating group) is 1. The second-order valence-corrected chi connectivity index (χ2v) is 7.12. The van der Waals surface area contributed by atoms with Gasteiger partial charge in [0.15, 0.2) is 5.82 Å². The number of benzene rings is 1. The minimum atomic E-state index is -3.59. The first-order chi connectivity index (χ1) is 9.95. The molecule has 6 nitrogen and oxygen atoms in total. The lowest BCUT2D eigenvalue weighted by Gasteiger charge is -2.22. The van der Waals surface area contributed by atoms with Crippen LogP contribution in [0.2, 0.25) is 0 Å². The van der Waals surface area contributed by atoms with E-state index in [-0.39, 0.29) is 4.90 Å². The number of anilines is 1. The van der Waals surface area contributed by atoms with Gasteiger partial charge in [-0.1, -0.05) is 17.7 Å². The van der Waals surface area contributed by atoms with Crippen LogP contribution < -0.4 is 4.72 Å². The third-order valence-electron chi connectivity index (χ3n) is 3.69. The van der Waals surface area contributed by atoms with Gasteiger partial charge in [0, 0.05) is 18.7 Å². The summed E-state index contributed by atoms with van der Waals surface area (Å²) in [5.74, 6) is 0.415. The molecule has 1 aliphatic rings. The van der Waals surface area contributed by atoms with Crippen LogP contribution in [0.4, 0.5) is 5.82 Å². The normalized spacial score (nSPS) is 15.7. The maximum absolute atomic E-state index is 12.4. The fraction of sp³-hybridized carbons (Fsp3) is 0.357. The van der Waals surface area contributed by atoms with Crippen molar-refractivity contribution in [2.24, 2.45) is 0 Å². The fourth-order valence-electron chi connectivity index (χ4n) is 2.44. The van der Waals surface area contributed by atoms with Gasteiger partial charge < -0.3 is 4.90 Å². The van der Waals surface area contributed by atoms with E-state index in [1.807, 2.05) is 14.0 Å². The van der Waals surface area contributed by atoms with Gasteiger partial charge in [-0.15, -0.1) is 0 Å². The Labute approximate surface area is 124 Å². The standard InChI is InChI=1S/C14H18N4O2S/c1-10-3-5-11(6-4-10)21(19,20)17-14-12-7-8-18(2)9-13(12)15-16-14/h3-6H,7-9H2,1-2H3,(H2,15,16,17). The van der Waals surface area contributed by atoms with E-state index in [1.165, 1.54) is 0 Å². The Kier molecular flexibility index (Phi) is 3.46. The average Bonchev–Trinajstić information content (AvgIpc) is 2.81. The Bertz CT molecular complexity index is 750. The van der Waals surface area contributed by atoms with Crippen LogP contribution in [0.5, 0.6) is 0 Å². The summed E-state index contributed by atoms with van der Waals surface area (Å²) in [7, 11) is -1.57. The molecule has 0 radical (unpaired) electrons. The topological polar surface area (TPSA) is 78.1 Å². The molecule has 0 unspecified atom stereocenters. The van der Waals surface area contributed by atoms with E-state index in [2.05, 4.69) is 19.8 Å². The molecule has 0 atom stereocenters. The van der Waals surface area contributed by atoms with Crippen molar-refractivity contribution < 1.29 is 8.42 Å². The fourth-order valence-corrected chi connectivity index (χ4v) is 3.48. The number of rotatable bonds is 3. The number of H-pyrrole nitrogens is 1. The molecule has 0 spiro atoms. The summed E-state index contributed by atoms with van der Waals surface area (Å²) in [5, 5.41) is 7.04. The molecule has 1 aromatic heterocycles. The van der Waals surface area contributed by atoms with Gasteiger partial charge in [-0.25, -0.2) is 8.42 Å². The van der Waals surface area contributed by atoms with Crippen LogP contribution in [-0.4, -0.2) is 37.1 Å². The van der Waals surface area contributed by atoms with Crippen molar-refractivity contribution in [2.75, 3.05) is 18.3 Å². The van der Waals surface area contributed by atoms with Gasteiger partial charge in [-0.05, 0) is 32.5 Å². The third kappa shape index (κ3) is 2.79. The summed E-state index contributed by atoms with van der Waals surface area (Å²) in [4.78, 5) is 2.41. The monoisotopic (exact) mass is 306 g/mol. The van der Waals surface area contributed by atoms with Crippen LogP contribution in [0.25, 0.3) is 0 Å². The molecular weight excluding hydrogens is 288 g/mol. The van der Waals surface area contributed by atoms with Gasteiger partial charge >= 0.3 is 0 Å². The number of sulfonamides is 1. The zero-order chi connectivity index (χ0) is 15.0. The highest BCUT2D eigenvalue weighted by Gasteiger charge is 2.23. The predicted molar refractivity (Wildman–Crippen MR) is 80.6 cm³/mol. The summed E-state index contributed by atoms with van der Waals surface area (Å²) >= 11 is 0. The van der Waals surface area contributed by atoms with Crippen molar-refractivity contribution >= 4 is 15.8 Å². The number of fused-ring (bicyclic) bond motifs is 1. The molecule has 2 heterocycles. The van der Waals surface area contributed by atoms with Crippen molar-refractivity contribution in [1.29, 1.82) is 0 Å². The van der Waals surface area contributed by atoms with E-state index in [9.17, 15) is 8.42 Å². The molecule has 3 rings (SSSR count). The minimum absolute atomic E-state index is 0.248. The number of nitrogens with one attached hydrogen (secondary N) is 2. The van der Waals surface area contributed by atoms with Gasteiger partial charge in [0.25, 0.3) is 10.0 Å². The van der Waals surface area contributed by atoms with Crippen LogP contribution in [0, 0.1) is 6.92 Å². The first kappa shape index (κ1) is 14.1. The van der Waals surface area contributed by atoms with Gasteiger partial charge in [0.05, 0.1) is 10.6 Å². The molecule has 1 aliphatic heterocycles. The van der Waals surface area contributed by atoms with E-state index < -0.39 is 10.0 Å². The number of aromatic nitrogens is 2. The van der Waals surface area contributed by atoms with E-state index in [4.69, 9.17) is 0 Å². The first-order valence-electron chi connectivity index (χ1n) is 6.80. The zero-order valence-electron chi connectivity index (χ0n) is 12.0. The van der Waals surface area contributed by atoms with E-state index in [0.717, 1.165) is 36.3 Å². The van der Waals surface area contributed by atoms with Gasteiger partial charge in [0.1, 0.15) is 0 Å². The lowest BCUT2D eigenvalue weighted by molar-refractivity contribution is 0.309. The molecule has 0 amide bonds. The Morgan fingerprint density at radius 3 is 2.71 bits per heavy atom.